The molecule has 5 nitrogen and oxygen atoms in total. The number of amides is 1. The zero-order chi connectivity index (χ0) is 17.8. The van der Waals surface area contributed by atoms with E-state index in [2.05, 4.69) is 4.98 Å². The standard InChI is InChI=1S/C19H21N3O2S/c1-14-6-3-8-16-18(14)20-13-22(19(16)24)10-4-9-17(23)21(2)12-15-7-5-11-25-15/h3,5-8,11,13H,4,9-10,12H2,1-2H3. The zero-order valence-corrected chi connectivity index (χ0v) is 15.3. The van der Waals surface area contributed by atoms with Gasteiger partial charge in [-0.3, -0.25) is 14.2 Å². The fourth-order valence-electron chi connectivity index (χ4n) is 2.81. The van der Waals surface area contributed by atoms with Gasteiger partial charge in [-0.2, -0.15) is 0 Å². The minimum Gasteiger partial charge on any atom is -0.341 e. The SMILES string of the molecule is Cc1cccc2c(=O)n(CCCC(=O)N(C)Cc3cccs3)cnc12. The number of aromatic nitrogens is 2. The molecule has 0 saturated heterocycles. The lowest BCUT2D eigenvalue weighted by Gasteiger charge is -2.16. The van der Waals surface area contributed by atoms with E-state index in [1.807, 2.05) is 43.6 Å². The third-order valence-electron chi connectivity index (χ3n) is 4.24. The topological polar surface area (TPSA) is 55.2 Å². The van der Waals surface area contributed by atoms with E-state index >= 15 is 0 Å². The molecule has 6 heteroatoms. The number of thiophene rings is 1. The van der Waals surface area contributed by atoms with E-state index in [1.165, 1.54) is 4.88 Å². The maximum absolute atomic E-state index is 12.5. The maximum Gasteiger partial charge on any atom is 0.261 e. The lowest BCUT2D eigenvalue weighted by molar-refractivity contribution is -0.130. The second-order valence-corrected chi connectivity index (χ2v) is 7.18. The van der Waals surface area contributed by atoms with Crippen LogP contribution < -0.4 is 5.56 Å². The molecule has 1 aromatic carbocycles. The van der Waals surface area contributed by atoms with Gasteiger partial charge in [-0.05, 0) is 36.4 Å². The number of para-hydroxylation sites is 1. The first-order valence-electron chi connectivity index (χ1n) is 8.27. The average Bonchev–Trinajstić information content (AvgIpc) is 3.10. The van der Waals surface area contributed by atoms with Crippen LogP contribution in [0.25, 0.3) is 10.9 Å². The molecule has 2 heterocycles. The molecule has 130 valence electrons. The van der Waals surface area contributed by atoms with Crippen LogP contribution in [0, 0.1) is 6.92 Å². The molecule has 0 unspecified atom stereocenters. The summed E-state index contributed by atoms with van der Waals surface area (Å²) in [6.45, 7) is 3.07. The molecule has 0 aliphatic rings. The van der Waals surface area contributed by atoms with E-state index in [1.54, 1.807) is 33.2 Å². The van der Waals surface area contributed by atoms with Gasteiger partial charge in [0, 0.05) is 24.9 Å². The minimum absolute atomic E-state index is 0.0481. The Balaban J connectivity index is 1.60. The summed E-state index contributed by atoms with van der Waals surface area (Å²) in [5.41, 5.74) is 1.69. The summed E-state index contributed by atoms with van der Waals surface area (Å²) in [5.74, 6) is 0.0889. The summed E-state index contributed by atoms with van der Waals surface area (Å²) < 4.78 is 1.59. The molecule has 0 radical (unpaired) electrons. The van der Waals surface area contributed by atoms with E-state index < -0.39 is 0 Å². The van der Waals surface area contributed by atoms with Gasteiger partial charge < -0.3 is 4.90 Å². The van der Waals surface area contributed by atoms with Crippen molar-refractivity contribution >= 4 is 28.1 Å². The van der Waals surface area contributed by atoms with Crippen molar-refractivity contribution in [3.8, 4) is 0 Å². The fraction of sp³-hybridized carbons (Fsp3) is 0.316. The second kappa shape index (κ2) is 7.61. The van der Waals surface area contributed by atoms with Gasteiger partial charge >= 0.3 is 0 Å². The van der Waals surface area contributed by atoms with Gasteiger partial charge in [-0.25, -0.2) is 4.98 Å². The van der Waals surface area contributed by atoms with Crippen molar-refractivity contribution in [3.63, 3.8) is 0 Å². The van der Waals surface area contributed by atoms with Crippen LogP contribution in [-0.4, -0.2) is 27.4 Å². The monoisotopic (exact) mass is 355 g/mol. The lowest BCUT2D eigenvalue weighted by atomic mass is 10.1. The molecule has 0 spiro atoms. The normalized spacial score (nSPS) is 11.0. The fourth-order valence-corrected chi connectivity index (χ4v) is 3.57. The molecule has 0 atom stereocenters. The van der Waals surface area contributed by atoms with Gasteiger partial charge in [0.25, 0.3) is 5.56 Å². The second-order valence-electron chi connectivity index (χ2n) is 6.15. The van der Waals surface area contributed by atoms with E-state index in [0.29, 0.717) is 31.3 Å². The Hall–Kier alpha value is -2.47. The first-order valence-corrected chi connectivity index (χ1v) is 9.15. The molecule has 0 N–H and O–H groups in total. The van der Waals surface area contributed by atoms with Gasteiger partial charge in [0.15, 0.2) is 0 Å². The van der Waals surface area contributed by atoms with Crippen molar-refractivity contribution in [1.82, 2.24) is 14.5 Å². The number of nitrogens with zero attached hydrogens (tertiary/aromatic N) is 3. The average molecular weight is 355 g/mol. The van der Waals surface area contributed by atoms with Crippen LogP contribution in [0.4, 0.5) is 0 Å². The van der Waals surface area contributed by atoms with Crippen LogP contribution in [0.1, 0.15) is 23.3 Å². The smallest absolute Gasteiger partial charge is 0.261 e. The molecule has 0 bridgehead atoms. The van der Waals surface area contributed by atoms with Crippen molar-refractivity contribution in [1.29, 1.82) is 0 Å². The molecule has 3 rings (SSSR count). The Kier molecular flexibility index (Phi) is 5.28. The molecular formula is C19H21N3O2S. The highest BCUT2D eigenvalue weighted by Crippen LogP contribution is 2.13. The highest BCUT2D eigenvalue weighted by atomic mass is 32.1. The first kappa shape index (κ1) is 17.4. The maximum atomic E-state index is 12.5. The van der Waals surface area contributed by atoms with Crippen LogP contribution in [0.3, 0.4) is 0 Å². The molecular weight excluding hydrogens is 334 g/mol. The van der Waals surface area contributed by atoms with Crippen molar-refractivity contribution in [2.45, 2.75) is 32.9 Å². The van der Waals surface area contributed by atoms with Crippen LogP contribution in [-0.2, 0) is 17.9 Å². The number of carbonyl (C=O) groups is 1. The Morgan fingerprint density at radius 1 is 1.28 bits per heavy atom. The molecule has 0 aliphatic carbocycles. The van der Waals surface area contributed by atoms with E-state index in [0.717, 1.165) is 11.1 Å². The van der Waals surface area contributed by atoms with E-state index in [-0.39, 0.29) is 11.5 Å². The molecule has 2 aromatic heterocycles. The summed E-state index contributed by atoms with van der Waals surface area (Å²) in [6, 6.07) is 9.62. The van der Waals surface area contributed by atoms with Crippen LogP contribution in [0.5, 0.6) is 0 Å². The number of aryl methyl sites for hydroxylation is 2. The van der Waals surface area contributed by atoms with Gasteiger partial charge in [-0.1, -0.05) is 18.2 Å². The predicted molar refractivity (Wildman–Crippen MR) is 101 cm³/mol. The highest BCUT2D eigenvalue weighted by Gasteiger charge is 2.11. The third kappa shape index (κ3) is 3.96. The summed E-state index contributed by atoms with van der Waals surface area (Å²) in [6.07, 6.45) is 2.62. The Bertz CT molecular complexity index is 931. The van der Waals surface area contributed by atoms with E-state index in [9.17, 15) is 9.59 Å². The van der Waals surface area contributed by atoms with Crippen LogP contribution >= 0.6 is 11.3 Å². The number of carbonyl (C=O) groups excluding carboxylic acids is 1. The Labute approximate surface area is 150 Å². The minimum atomic E-state index is -0.0481. The van der Waals surface area contributed by atoms with Gasteiger partial charge in [0.2, 0.25) is 5.91 Å². The van der Waals surface area contributed by atoms with Crippen LogP contribution in [0.15, 0.2) is 46.8 Å². The molecule has 25 heavy (non-hydrogen) atoms. The summed E-state index contributed by atoms with van der Waals surface area (Å²) in [5, 5.41) is 2.64. The van der Waals surface area contributed by atoms with Gasteiger partial charge in [0.05, 0.1) is 23.8 Å². The van der Waals surface area contributed by atoms with Crippen LogP contribution in [0.2, 0.25) is 0 Å². The molecule has 0 aliphatic heterocycles. The molecule has 3 aromatic rings. The highest BCUT2D eigenvalue weighted by molar-refractivity contribution is 7.09. The van der Waals surface area contributed by atoms with Crippen molar-refractivity contribution in [2.24, 2.45) is 0 Å². The molecule has 0 fully saturated rings. The summed E-state index contributed by atoms with van der Waals surface area (Å²) >= 11 is 1.65. The van der Waals surface area contributed by atoms with Gasteiger partial charge in [0.1, 0.15) is 0 Å². The van der Waals surface area contributed by atoms with Crippen molar-refractivity contribution in [3.05, 3.63) is 62.8 Å². The third-order valence-corrected chi connectivity index (χ3v) is 5.10. The number of fused-ring (bicyclic) bond motifs is 1. The largest absolute Gasteiger partial charge is 0.341 e. The Morgan fingerprint density at radius 2 is 2.12 bits per heavy atom. The zero-order valence-electron chi connectivity index (χ0n) is 14.4. The number of benzene rings is 1. The van der Waals surface area contributed by atoms with Crippen molar-refractivity contribution < 1.29 is 4.79 Å². The Morgan fingerprint density at radius 3 is 2.88 bits per heavy atom. The van der Waals surface area contributed by atoms with Gasteiger partial charge in [-0.15, -0.1) is 11.3 Å². The summed E-state index contributed by atoms with van der Waals surface area (Å²) in [7, 11) is 1.81. The number of hydrogen-bond acceptors (Lipinski definition) is 4. The summed E-state index contributed by atoms with van der Waals surface area (Å²) in [4.78, 5) is 32.1. The lowest BCUT2D eigenvalue weighted by Crippen LogP contribution is -2.26. The first-order chi connectivity index (χ1) is 12.1. The quantitative estimate of drug-likeness (QED) is 0.682. The van der Waals surface area contributed by atoms with Crippen molar-refractivity contribution in [2.75, 3.05) is 7.05 Å². The molecule has 1 amide bonds. The van der Waals surface area contributed by atoms with E-state index in [4.69, 9.17) is 0 Å². The number of rotatable bonds is 6. The number of hydrogen-bond donors (Lipinski definition) is 0. The molecule has 0 saturated carbocycles. The predicted octanol–water partition coefficient (Wildman–Crippen LogP) is 3.21.